The van der Waals surface area contributed by atoms with Gasteiger partial charge in [0.1, 0.15) is 18.2 Å². The van der Waals surface area contributed by atoms with Gasteiger partial charge in [-0.1, -0.05) is 0 Å². The number of fused-ring (bicyclic) bond motifs is 2. The van der Waals surface area contributed by atoms with Crippen LogP contribution in [0.5, 0.6) is 0 Å². The van der Waals surface area contributed by atoms with Gasteiger partial charge in [0.05, 0.1) is 12.1 Å². The van der Waals surface area contributed by atoms with Crippen molar-refractivity contribution in [1.82, 2.24) is 19.9 Å². The second-order valence-electron chi connectivity index (χ2n) is 5.71. The number of nitrogens with zero attached hydrogens (tertiary/aromatic N) is 7. The topological polar surface area (TPSA) is 81.8 Å². The number of piperidine rings is 1. The Bertz CT molecular complexity index is 742. The molecule has 2 atom stereocenters. The van der Waals surface area contributed by atoms with Gasteiger partial charge in [0.25, 0.3) is 0 Å². The van der Waals surface area contributed by atoms with Gasteiger partial charge in [-0.2, -0.15) is 5.26 Å². The van der Waals surface area contributed by atoms with Crippen molar-refractivity contribution in [2.45, 2.75) is 25.4 Å². The van der Waals surface area contributed by atoms with Crippen LogP contribution in [-0.2, 0) is 0 Å². The molecule has 3 saturated heterocycles. The van der Waals surface area contributed by atoms with Crippen molar-refractivity contribution in [3.8, 4) is 6.07 Å². The molecule has 2 bridgehead atoms. The van der Waals surface area contributed by atoms with Gasteiger partial charge in [-0.05, 0) is 13.3 Å². The molecule has 0 aliphatic carbocycles. The van der Waals surface area contributed by atoms with Crippen molar-refractivity contribution in [3.05, 3.63) is 36.2 Å². The van der Waals surface area contributed by atoms with Crippen LogP contribution in [0, 0.1) is 18.3 Å². The zero-order chi connectivity index (χ0) is 15.1. The molecule has 7 heteroatoms. The predicted molar refractivity (Wildman–Crippen MR) is 80.4 cm³/mol. The molecule has 0 N–H and O–H groups in total. The van der Waals surface area contributed by atoms with Gasteiger partial charge >= 0.3 is 0 Å². The maximum atomic E-state index is 9.20. The highest BCUT2D eigenvalue weighted by atomic mass is 15.4. The molecule has 0 spiro atoms. The fourth-order valence-corrected chi connectivity index (χ4v) is 3.35. The average molecular weight is 293 g/mol. The van der Waals surface area contributed by atoms with E-state index in [1.807, 2.05) is 13.0 Å². The summed E-state index contributed by atoms with van der Waals surface area (Å²) in [6.45, 7) is 3.74. The SMILES string of the molecule is Cc1cc(N2CC3CC(C2)N3c2nccnc2C#N)ncn1. The van der Waals surface area contributed by atoms with Crippen molar-refractivity contribution in [1.29, 1.82) is 5.26 Å². The first-order chi connectivity index (χ1) is 10.8. The zero-order valence-corrected chi connectivity index (χ0v) is 12.2. The average Bonchev–Trinajstić information content (AvgIpc) is 2.55. The quantitative estimate of drug-likeness (QED) is 0.814. The molecule has 2 aromatic heterocycles. The largest absolute Gasteiger partial charge is 0.352 e. The fourth-order valence-electron chi connectivity index (χ4n) is 3.35. The summed E-state index contributed by atoms with van der Waals surface area (Å²) in [6, 6.07) is 4.87. The second kappa shape index (κ2) is 4.91. The summed E-state index contributed by atoms with van der Waals surface area (Å²) >= 11 is 0. The Labute approximate surface area is 128 Å². The molecule has 7 nitrogen and oxygen atoms in total. The van der Waals surface area contributed by atoms with E-state index in [4.69, 9.17) is 0 Å². The molecule has 3 fully saturated rings. The Balaban J connectivity index is 1.57. The second-order valence-corrected chi connectivity index (χ2v) is 5.71. The molecule has 5 rings (SSSR count). The smallest absolute Gasteiger partial charge is 0.183 e. The van der Waals surface area contributed by atoms with Gasteiger partial charge in [0, 0.05) is 37.2 Å². The van der Waals surface area contributed by atoms with Gasteiger partial charge in [0.2, 0.25) is 0 Å². The van der Waals surface area contributed by atoms with E-state index in [9.17, 15) is 5.26 Å². The third kappa shape index (κ3) is 1.96. The Morgan fingerprint density at radius 1 is 1.14 bits per heavy atom. The summed E-state index contributed by atoms with van der Waals surface area (Å²) < 4.78 is 0. The number of nitriles is 1. The molecule has 3 aliphatic rings. The molecular weight excluding hydrogens is 278 g/mol. The number of aromatic nitrogens is 4. The number of rotatable bonds is 2. The van der Waals surface area contributed by atoms with Crippen LogP contribution in [0.4, 0.5) is 11.6 Å². The zero-order valence-electron chi connectivity index (χ0n) is 12.2. The molecule has 0 amide bonds. The summed E-state index contributed by atoms with van der Waals surface area (Å²) in [5.41, 5.74) is 1.38. The molecule has 2 unspecified atom stereocenters. The molecule has 0 radical (unpaired) electrons. The third-order valence-electron chi connectivity index (χ3n) is 4.34. The maximum Gasteiger partial charge on any atom is 0.183 e. The lowest BCUT2D eigenvalue weighted by Crippen LogP contribution is -2.69. The molecule has 0 saturated carbocycles. The number of anilines is 2. The van der Waals surface area contributed by atoms with E-state index in [1.165, 1.54) is 0 Å². The Morgan fingerprint density at radius 2 is 1.91 bits per heavy atom. The molecule has 5 heterocycles. The minimum absolute atomic E-state index is 0.359. The van der Waals surface area contributed by atoms with E-state index in [0.717, 1.165) is 31.0 Å². The van der Waals surface area contributed by atoms with Gasteiger partial charge in [0.15, 0.2) is 11.5 Å². The van der Waals surface area contributed by atoms with Crippen LogP contribution in [0.25, 0.3) is 0 Å². The van der Waals surface area contributed by atoms with Crippen LogP contribution in [0.1, 0.15) is 17.8 Å². The molecular formula is C15H15N7. The monoisotopic (exact) mass is 293 g/mol. The Morgan fingerprint density at radius 3 is 2.64 bits per heavy atom. The van der Waals surface area contributed by atoms with Gasteiger partial charge in [-0.3, -0.25) is 0 Å². The molecule has 110 valence electrons. The maximum absolute atomic E-state index is 9.20. The van der Waals surface area contributed by atoms with Crippen molar-refractivity contribution >= 4 is 11.6 Å². The van der Waals surface area contributed by atoms with E-state index >= 15 is 0 Å². The molecule has 0 aromatic carbocycles. The van der Waals surface area contributed by atoms with Crippen LogP contribution in [0.3, 0.4) is 0 Å². The number of piperazine rings is 1. The molecule has 3 aliphatic heterocycles. The van der Waals surface area contributed by atoms with Crippen molar-refractivity contribution in [2.75, 3.05) is 22.9 Å². The van der Waals surface area contributed by atoms with Crippen LogP contribution in [0.15, 0.2) is 24.8 Å². The molecule has 22 heavy (non-hydrogen) atoms. The summed E-state index contributed by atoms with van der Waals surface area (Å²) in [4.78, 5) is 21.5. The predicted octanol–water partition coefficient (Wildman–Crippen LogP) is 0.914. The third-order valence-corrected chi connectivity index (χ3v) is 4.34. The number of hydrogen-bond donors (Lipinski definition) is 0. The van der Waals surface area contributed by atoms with E-state index in [1.54, 1.807) is 18.7 Å². The van der Waals surface area contributed by atoms with Crippen LogP contribution in [0.2, 0.25) is 0 Å². The normalized spacial score (nSPS) is 22.9. The standard InChI is InChI=1S/C15H15N7/c1-10-4-14(20-9-19-10)21-7-11-5-12(8-21)22(11)15-13(6-16)17-2-3-18-15/h2-4,9,11-12H,5,7-8H2,1H3. The summed E-state index contributed by atoms with van der Waals surface area (Å²) in [6.07, 6.45) is 5.95. The fraction of sp³-hybridized carbons (Fsp3) is 0.400. The van der Waals surface area contributed by atoms with Gasteiger partial charge < -0.3 is 9.80 Å². The Hall–Kier alpha value is -2.75. The lowest BCUT2D eigenvalue weighted by Gasteiger charge is -2.57. The minimum Gasteiger partial charge on any atom is -0.352 e. The summed E-state index contributed by atoms with van der Waals surface area (Å²) in [5.74, 6) is 1.69. The van der Waals surface area contributed by atoms with Crippen LogP contribution < -0.4 is 9.80 Å². The first kappa shape index (κ1) is 13.0. The van der Waals surface area contributed by atoms with E-state index in [0.29, 0.717) is 23.6 Å². The van der Waals surface area contributed by atoms with E-state index in [2.05, 4.69) is 35.8 Å². The number of hydrogen-bond acceptors (Lipinski definition) is 7. The summed E-state index contributed by atoms with van der Waals surface area (Å²) in [7, 11) is 0. The van der Waals surface area contributed by atoms with Crippen molar-refractivity contribution < 1.29 is 0 Å². The molecule has 2 aromatic rings. The summed E-state index contributed by atoms with van der Waals surface area (Å²) in [5, 5.41) is 9.20. The Kier molecular flexibility index (Phi) is 2.89. The lowest BCUT2D eigenvalue weighted by molar-refractivity contribution is 0.287. The van der Waals surface area contributed by atoms with Crippen molar-refractivity contribution in [3.63, 3.8) is 0 Å². The first-order valence-electron chi connectivity index (χ1n) is 7.29. The number of aryl methyl sites for hydroxylation is 1. The van der Waals surface area contributed by atoms with Crippen LogP contribution in [-0.4, -0.2) is 45.1 Å². The highest BCUT2D eigenvalue weighted by molar-refractivity contribution is 5.57. The van der Waals surface area contributed by atoms with Crippen LogP contribution >= 0.6 is 0 Å². The highest BCUT2D eigenvalue weighted by Crippen LogP contribution is 2.37. The van der Waals surface area contributed by atoms with E-state index < -0.39 is 0 Å². The van der Waals surface area contributed by atoms with Crippen molar-refractivity contribution in [2.24, 2.45) is 0 Å². The first-order valence-corrected chi connectivity index (χ1v) is 7.29. The van der Waals surface area contributed by atoms with Gasteiger partial charge in [-0.15, -0.1) is 0 Å². The minimum atomic E-state index is 0.359. The van der Waals surface area contributed by atoms with Gasteiger partial charge in [-0.25, -0.2) is 19.9 Å². The highest BCUT2D eigenvalue weighted by Gasteiger charge is 2.46. The van der Waals surface area contributed by atoms with E-state index in [-0.39, 0.29) is 0 Å². The lowest BCUT2D eigenvalue weighted by atomic mass is 9.87.